The Balaban J connectivity index is 0.000000487. The van der Waals surface area contributed by atoms with Crippen LogP contribution in [0.1, 0.15) is 70.8 Å². The molecule has 2 aliphatic rings. The number of nitrogens with one attached hydrogen (secondary N) is 1. The van der Waals surface area contributed by atoms with Crippen LogP contribution in [0, 0.1) is 11.3 Å². The van der Waals surface area contributed by atoms with E-state index in [4.69, 9.17) is 0 Å². The van der Waals surface area contributed by atoms with Gasteiger partial charge in [-0.3, -0.25) is 4.79 Å². The summed E-state index contributed by atoms with van der Waals surface area (Å²) in [6, 6.07) is 4.32. The first kappa shape index (κ1) is 18.9. The highest BCUT2D eigenvalue weighted by molar-refractivity contribution is 7.17. The van der Waals surface area contributed by atoms with E-state index in [9.17, 15) is 4.79 Å². The Labute approximate surface area is 149 Å². The third kappa shape index (κ3) is 3.49. The molecule has 1 N–H and O–H groups in total. The summed E-state index contributed by atoms with van der Waals surface area (Å²) >= 11 is 1.66. The number of fused-ring (bicyclic) bond motifs is 1. The maximum atomic E-state index is 12.4. The molecule has 4 heteroatoms. The van der Waals surface area contributed by atoms with Crippen molar-refractivity contribution in [3.8, 4) is 0 Å². The lowest BCUT2D eigenvalue weighted by Crippen LogP contribution is -2.55. The highest BCUT2D eigenvalue weighted by atomic mass is 32.1. The van der Waals surface area contributed by atoms with Gasteiger partial charge in [-0.15, -0.1) is 11.3 Å². The lowest BCUT2D eigenvalue weighted by Gasteiger charge is -2.46. The van der Waals surface area contributed by atoms with Crippen LogP contribution in [0.3, 0.4) is 0 Å². The average molecular weight is 347 g/mol. The van der Waals surface area contributed by atoms with Gasteiger partial charge >= 0.3 is 0 Å². The number of aromatic nitrogens is 1. The molecule has 2 heterocycles. The largest absolute Gasteiger partial charge is 0.347 e. The molecule has 0 saturated heterocycles. The van der Waals surface area contributed by atoms with Gasteiger partial charge in [0.15, 0.2) is 0 Å². The van der Waals surface area contributed by atoms with Gasteiger partial charge in [-0.25, -0.2) is 4.98 Å². The standard InChI is InChI=1S/C16H18N2OS.2C2H6/c1-2-10-8-16(4-5-16)14(10)18-15(19)12-7-11-3-6-20-13(11)9-17-12;2*1-2/h3,6-7,9-10,14H,2,4-5,8H2,1H3,(H,18,19);2*1-2H3. The van der Waals surface area contributed by atoms with E-state index in [0.717, 1.165) is 16.5 Å². The second kappa shape index (κ2) is 8.11. The third-order valence-corrected chi connectivity index (χ3v) is 5.94. The third-order valence-electron chi connectivity index (χ3n) is 5.08. The van der Waals surface area contributed by atoms with Crippen molar-refractivity contribution < 1.29 is 4.79 Å². The highest BCUT2D eigenvalue weighted by Gasteiger charge is 2.60. The molecular formula is C20H30N2OS. The van der Waals surface area contributed by atoms with Crippen molar-refractivity contribution in [3.63, 3.8) is 0 Å². The molecule has 0 aliphatic heterocycles. The van der Waals surface area contributed by atoms with E-state index in [2.05, 4.69) is 17.2 Å². The number of hydrogen-bond donors (Lipinski definition) is 1. The minimum absolute atomic E-state index is 0.00692. The van der Waals surface area contributed by atoms with Gasteiger partial charge < -0.3 is 5.32 Å². The predicted octanol–water partition coefficient (Wildman–Crippen LogP) is 5.66. The summed E-state index contributed by atoms with van der Waals surface area (Å²) in [6.07, 6.45) is 6.83. The molecule has 2 aliphatic carbocycles. The van der Waals surface area contributed by atoms with Crippen LogP contribution in [0.15, 0.2) is 23.7 Å². The summed E-state index contributed by atoms with van der Waals surface area (Å²) in [5, 5.41) is 6.39. The zero-order chi connectivity index (χ0) is 17.7. The molecule has 3 nitrogen and oxygen atoms in total. The Kier molecular flexibility index (Phi) is 6.39. The smallest absolute Gasteiger partial charge is 0.270 e. The van der Waals surface area contributed by atoms with Gasteiger partial charge in [-0.1, -0.05) is 41.0 Å². The first-order valence-electron chi connectivity index (χ1n) is 9.36. The highest BCUT2D eigenvalue weighted by Crippen LogP contribution is 2.63. The molecular weight excluding hydrogens is 316 g/mol. The topological polar surface area (TPSA) is 42.0 Å². The second-order valence-corrected chi connectivity index (χ2v) is 7.16. The summed E-state index contributed by atoms with van der Waals surface area (Å²) < 4.78 is 1.13. The van der Waals surface area contributed by atoms with E-state index < -0.39 is 0 Å². The SMILES string of the molecule is CC.CC.CCC1CC2(CC2)C1NC(=O)c1cc2ccsc2cn1. The van der Waals surface area contributed by atoms with E-state index in [0.29, 0.717) is 23.1 Å². The van der Waals surface area contributed by atoms with E-state index in [-0.39, 0.29) is 5.91 Å². The zero-order valence-corrected chi connectivity index (χ0v) is 16.4. The number of nitrogens with zero attached hydrogens (tertiary/aromatic N) is 1. The first-order valence-corrected chi connectivity index (χ1v) is 10.2. The Morgan fingerprint density at radius 2 is 2.04 bits per heavy atom. The van der Waals surface area contributed by atoms with E-state index in [1.807, 2.05) is 45.2 Å². The van der Waals surface area contributed by atoms with Crippen LogP contribution in [0.2, 0.25) is 0 Å². The predicted molar refractivity (Wildman–Crippen MR) is 104 cm³/mol. The maximum absolute atomic E-state index is 12.4. The first-order chi connectivity index (χ1) is 11.7. The monoisotopic (exact) mass is 346 g/mol. The number of carbonyl (C=O) groups is 1. The molecule has 0 radical (unpaired) electrons. The number of carbonyl (C=O) groups excluding carboxylic acids is 1. The van der Waals surface area contributed by atoms with Gasteiger partial charge in [0.2, 0.25) is 0 Å². The Morgan fingerprint density at radius 1 is 1.33 bits per heavy atom. The van der Waals surface area contributed by atoms with E-state index in [1.54, 1.807) is 17.5 Å². The molecule has 132 valence electrons. The normalized spacial score (nSPS) is 22.5. The van der Waals surface area contributed by atoms with Gasteiger partial charge in [-0.05, 0) is 53.5 Å². The summed E-state index contributed by atoms with van der Waals surface area (Å²) in [5.74, 6) is 0.652. The molecule has 2 atom stereocenters. The molecule has 1 amide bonds. The molecule has 4 rings (SSSR count). The van der Waals surface area contributed by atoms with Crippen molar-refractivity contribution in [1.29, 1.82) is 0 Å². The molecule has 2 saturated carbocycles. The Hall–Kier alpha value is -1.42. The zero-order valence-electron chi connectivity index (χ0n) is 15.6. The van der Waals surface area contributed by atoms with Crippen LogP contribution in [0.5, 0.6) is 0 Å². The molecule has 0 aromatic carbocycles. The lowest BCUT2D eigenvalue weighted by atomic mass is 9.65. The summed E-state index contributed by atoms with van der Waals surface area (Å²) in [4.78, 5) is 16.7. The van der Waals surface area contributed by atoms with Gasteiger partial charge in [0.1, 0.15) is 5.69 Å². The Morgan fingerprint density at radius 3 is 2.67 bits per heavy atom. The van der Waals surface area contributed by atoms with Gasteiger partial charge in [0, 0.05) is 12.2 Å². The van der Waals surface area contributed by atoms with Crippen LogP contribution in [-0.2, 0) is 0 Å². The quantitative estimate of drug-likeness (QED) is 0.779. The fraction of sp³-hybridized carbons (Fsp3) is 0.600. The molecule has 0 bridgehead atoms. The Bertz CT molecular complexity index is 675. The number of pyridine rings is 1. The summed E-state index contributed by atoms with van der Waals surface area (Å²) in [7, 11) is 0. The molecule has 2 aromatic rings. The van der Waals surface area contributed by atoms with E-state index in [1.165, 1.54) is 19.3 Å². The van der Waals surface area contributed by atoms with Gasteiger partial charge in [-0.2, -0.15) is 0 Å². The van der Waals surface area contributed by atoms with Crippen molar-refractivity contribution in [2.24, 2.45) is 11.3 Å². The number of thiophene rings is 1. The number of rotatable bonds is 3. The fourth-order valence-electron chi connectivity index (χ4n) is 3.64. The van der Waals surface area contributed by atoms with Crippen LogP contribution < -0.4 is 5.32 Å². The van der Waals surface area contributed by atoms with Crippen molar-refractivity contribution in [2.45, 2.75) is 66.3 Å². The van der Waals surface area contributed by atoms with Gasteiger partial charge in [0.25, 0.3) is 5.91 Å². The van der Waals surface area contributed by atoms with Gasteiger partial charge in [0.05, 0.1) is 4.70 Å². The minimum atomic E-state index is -0.00692. The van der Waals surface area contributed by atoms with Crippen LogP contribution >= 0.6 is 11.3 Å². The fourth-order valence-corrected chi connectivity index (χ4v) is 4.38. The second-order valence-electron chi connectivity index (χ2n) is 6.21. The van der Waals surface area contributed by atoms with Crippen molar-refractivity contribution >= 4 is 27.3 Å². The molecule has 1 spiro atoms. The van der Waals surface area contributed by atoms with Crippen LogP contribution in [0.25, 0.3) is 10.1 Å². The van der Waals surface area contributed by atoms with Crippen molar-refractivity contribution in [2.75, 3.05) is 0 Å². The van der Waals surface area contributed by atoms with Crippen LogP contribution in [-0.4, -0.2) is 16.9 Å². The summed E-state index contributed by atoms with van der Waals surface area (Å²) in [5.41, 5.74) is 0.997. The molecule has 2 fully saturated rings. The van der Waals surface area contributed by atoms with Crippen molar-refractivity contribution in [3.05, 3.63) is 29.4 Å². The van der Waals surface area contributed by atoms with E-state index >= 15 is 0 Å². The minimum Gasteiger partial charge on any atom is -0.347 e. The number of hydrogen-bond acceptors (Lipinski definition) is 3. The lowest BCUT2D eigenvalue weighted by molar-refractivity contribution is 0.0623. The summed E-state index contributed by atoms with van der Waals surface area (Å²) in [6.45, 7) is 10.2. The molecule has 24 heavy (non-hydrogen) atoms. The van der Waals surface area contributed by atoms with Crippen molar-refractivity contribution in [1.82, 2.24) is 10.3 Å². The molecule has 2 unspecified atom stereocenters. The molecule has 2 aromatic heterocycles. The average Bonchev–Trinajstić information content (AvgIpc) is 3.32. The van der Waals surface area contributed by atoms with Crippen LogP contribution in [0.4, 0.5) is 0 Å². The number of amides is 1. The maximum Gasteiger partial charge on any atom is 0.270 e.